The molecule has 136 valence electrons. The molecule has 0 amide bonds. The first-order chi connectivity index (χ1) is 12.9. The Morgan fingerprint density at radius 1 is 1.28 bits per heavy atom. The van der Waals surface area contributed by atoms with E-state index in [9.17, 15) is 20.4 Å². The summed E-state index contributed by atoms with van der Waals surface area (Å²) in [5.41, 5.74) is 0.654. The summed E-state index contributed by atoms with van der Waals surface area (Å²) in [6, 6.07) is -0.662. The van der Waals surface area contributed by atoms with E-state index < -0.39 is 56.1 Å². The molecule has 10 heteroatoms. The van der Waals surface area contributed by atoms with E-state index in [-0.39, 0.29) is 6.42 Å². The van der Waals surface area contributed by atoms with Crippen molar-refractivity contribution in [1.29, 1.82) is 0 Å². The van der Waals surface area contributed by atoms with Gasteiger partial charge in [0.2, 0.25) is 0 Å². The van der Waals surface area contributed by atoms with E-state index in [0.29, 0.717) is 17.0 Å². The first-order valence-corrected chi connectivity index (χ1v) is 8.01. The van der Waals surface area contributed by atoms with Gasteiger partial charge in [0.1, 0.15) is 24.6 Å². The molecule has 0 aromatic carbocycles. The van der Waals surface area contributed by atoms with Gasteiger partial charge < -0.3 is 30.5 Å². The predicted octanol–water partition coefficient (Wildman–Crippen LogP) is -1.24. The van der Waals surface area contributed by atoms with Gasteiger partial charge in [-0.3, -0.25) is 4.57 Å². The SMILES string of the molecule is [2H]C1C[C@H](O)[C@@H](Nc2[15n][13cH]nc3c2ncn3[C@@H]2O[C@H](CO)[C@@H](O)[C@H]2O)C1[2H]. The smallest absolute Gasteiger partial charge is 0.167 e. The molecule has 3 heterocycles. The van der Waals surface area contributed by atoms with Crippen LogP contribution in [0.5, 0.6) is 0 Å². The monoisotopic (exact) mass is 355 g/mol. The van der Waals surface area contributed by atoms with E-state index in [1.165, 1.54) is 17.2 Å². The first-order valence-electron chi connectivity index (χ1n) is 9.17. The summed E-state index contributed by atoms with van der Waals surface area (Å²) < 4.78 is 22.8. The molecule has 0 radical (unpaired) electrons. The van der Waals surface area contributed by atoms with Crippen molar-refractivity contribution in [3.63, 3.8) is 0 Å². The number of rotatable bonds is 4. The van der Waals surface area contributed by atoms with Crippen LogP contribution in [-0.4, -0.2) is 77.0 Å². The van der Waals surface area contributed by atoms with Crippen LogP contribution in [0.25, 0.3) is 11.2 Å². The Bertz CT molecular complexity index is 825. The topological polar surface area (TPSA) is 146 Å². The number of aromatic nitrogens is 4. The molecular formula is C15H21N5O5. The summed E-state index contributed by atoms with van der Waals surface area (Å²) in [7, 11) is 0. The average molecular weight is 355 g/mol. The lowest BCUT2D eigenvalue weighted by Crippen LogP contribution is -2.33. The first kappa shape index (κ1) is 14.3. The summed E-state index contributed by atoms with van der Waals surface area (Å²) in [4.78, 5) is 12.5. The van der Waals surface area contributed by atoms with E-state index in [0.717, 1.165) is 0 Å². The number of fused-ring (bicyclic) bond motifs is 1. The zero-order valence-corrected chi connectivity index (χ0v) is 13.2. The molecule has 2 aromatic rings. The Morgan fingerprint density at radius 3 is 2.80 bits per heavy atom. The number of anilines is 1. The quantitative estimate of drug-likeness (QED) is 0.454. The number of ether oxygens (including phenoxy) is 1. The highest BCUT2D eigenvalue weighted by atomic mass is 16.6. The highest BCUT2D eigenvalue weighted by Gasteiger charge is 2.44. The molecule has 1 saturated carbocycles. The molecule has 0 spiro atoms. The Labute approximate surface area is 145 Å². The predicted molar refractivity (Wildman–Crippen MR) is 85.6 cm³/mol. The van der Waals surface area contributed by atoms with E-state index >= 15 is 0 Å². The maximum Gasteiger partial charge on any atom is 0.167 e. The molecular weight excluding hydrogens is 332 g/mol. The van der Waals surface area contributed by atoms with Gasteiger partial charge in [0.05, 0.1) is 25.1 Å². The van der Waals surface area contributed by atoms with E-state index in [1.54, 1.807) is 0 Å². The van der Waals surface area contributed by atoms with Crippen molar-refractivity contribution in [1.82, 2.24) is 19.5 Å². The molecule has 1 aliphatic carbocycles. The number of nitrogens with zero attached hydrogens (tertiary/aromatic N) is 4. The molecule has 25 heavy (non-hydrogen) atoms. The lowest BCUT2D eigenvalue weighted by atomic mass is 10.1. The molecule has 4 rings (SSSR count). The Morgan fingerprint density at radius 2 is 2.12 bits per heavy atom. The molecule has 0 bridgehead atoms. The van der Waals surface area contributed by atoms with Crippen LogP contribution in [0.4, 0.5) is 5.82 Å². The van der Waals surface area contributed by atoms with Gasteiger partial charge >= 0.3 is 0 Å². The van der Waals surface area contributed by atoms with Crippen LogP contribution in [-0.2, 0) is 4.74 Å². The molecule has 1 saturated heterocycles. The third-order valence-electron chi connectivity index (χ3n) is 4.59. The summed E-state index contributed by atoms with van der Waals surface area (Å²) in [5.74, 6) is 0.292. The van der Waals surface area contributed by atoms with Crippen LogP contribution in [0, 0.1) is 0 Å². The Balaban J connectivity index is 1.65. The minimum absolute atomic E-state index is 0.205. The molecule has 2 aromatic heterocycles. The van der Waals surface area contributed by atoms with Gasteiger partial charge in [0, 0.05) is 2.74 Å². The van der Waals surface area contributed by atoms with E-state index in [1.807, 2.05) is 0 Å². The number of aliphatic hydroxyl groups is 4. The molecule has 8 atom stereocenters. The van der Waals surface area contributed by atoms with Gasteiger partial charge in [-0.25, -0.2) is 15.0 Å². The lowest BCUT2D eigenvalue weighted by molar-refractivity contribution is -0.0511. The number of hydrogen-bond donors (Lipinski definition) is 5. The number of imidazole rings is 1. The highest BCUT2D eigenvalue weighted by molar-refractivity contribution is 5.82. The fourth-order valence-corrected chi connectivity index (χ4v) is 3.20. The second kappa shape index (κ2) is 6.46. The molecule has 5 N–H and O–H groups in total. The standard InChI is InChI=1S/C15H21N5O5/c21-4-9-11(23)12(24)15(25-9)20-6-18-10-13(16-5-17-14(10)20)19-7-2-1-3-8(7)22/h5-9,11-12,15,21-24H,1-4H2,(H,16,17,19)/t7-,8-,9+,11+,12+,15+/m0/s1/i1D,2D,5+1,16+1/t1?,2?,7-,8-,9+,11+,12+,15+. The van der Waals surface area contributed by atoms with Gasteiger partial charge in [0.25, 0.3) is 0 Å². The third kappa shape index (κ3) is 2.75. The molecule has 10 nitrogen and oxygen atoms in total. The van der Waals surface area contributed by atoms with Crippen molar-refractivity contribution in [3.8, 4) is 0 Å². The van der Waals surface area contributed by atoms with E-state index in [4.69, 9.17) is 7.48 Å². The fourth-order valence-electron chi connectivity index (χ4n) is 3.20. The Hall–Kier alpha value is -1.85. The van der Waals surface area contributed by atoms with Gasteiger partial charge in [-0.15, -0.1) is 0 Å². The van der Waals surface area contributed by atoms with E-state index in [2.05, 4.69) is 20.3 Å². The average Bonchev–Trinajstić information content (AvgIpc) is 3.27. The zero-order chi connectivity index (χ0) is 19.3. The van der Waals surface area contributed by atoms with Crippen LogP contribution in [0.3, 0.4) is 0 Å². The molecule has 1 aliphatic heterocycles. The summed E-state index contributed by atoms with van der Waals surface area (Å²) in [6.45, 7) is -0.443. The van der Waals surface area contributed by atoms with Crippen molar-refractivity contribution >= 4 is 17.0 Å². The fraction of sp³-hybridized carbons (Fsp3) is 0.667. The summed E-state index contributed by atoms with van der Waals surface area (Å²) in [6.07, 6.45) is -3.92. The maximum absolute atomic E-state index is 10.2. The third-order valence-corrected chi connectivity index (χ3v) is 4.59. The summed E-state index contributed by atoms with van der Waals surface area (Å²) in [5, 5.41) is 42.5. The summed E-state index contributed by atoms with van der Waals surface area (Å²) >= 11 is 0. The van der Waals surface area contributed by atoms with Crippen LogP contribution in [0.15, 0.2) is 12.7 Å². The van der Waals surface area contributed by atoms with Crippen LogP contribution in [0.2, 0.25) is 0 Å². The maximum atomic E-state index is 10.2. The molecule has 2 fully saturated rings. The lowest BCUT2D eigenvalue weighted by Gasteiger charge is -2.18. The largest absolute Gasteiger partial charge is 0.394 e. The van der Waals surface area contributed by atoms with Crippen LogP contribution < -0.4 is 5.32 Å². The minimum atomic E-state index is -1.27. The number of aliphatic hydroxyl groups excluding tert-OH is 4. The van der Waals surface area contributed by atoms with Gasteiger partial charge in [-0.1, -0.05) is 0 Å². The van der Waals surface area contributed by atoms with Crippen molar-refractivity contribution in [2.75, 3.05) is 11.9 Å². The number of hydrogen-bond acceptors (Lipinski definition) is 9. The second-order valence-electron chi connectivity index (χ2n) is 6.18. The van der Waals surface area contributed by atoms with Crippen molar-refractivity contribution < 1.29 is 27.9 Å². The van der Waals surface area contributed by atoms with Crippen molar-refractivity contribution in [3.05, 3.63) is 12.7 Å². The van der Waals surface area contributed by atoms with Crippen molar-refractivity contribution in [2.24, 2.45) is 0 Å². The van der Waals surface area contributed by atoms with Gasteiger partial charge in [0.15, 0.2) is 23.2 Å². The normalized spacial score (nSPS) is 42.6. The molecule has 2 aliphatic rings. The Kier molecular flexibility index (Phi) is 3.71. The van der Waals surface area contributed by atoms with Crippen LogP contribution in [0.1, 0.15) is 28.2 Å². The van der Waals surface area contributed by atoms with Gasteiger partial charge in [-0.2, -0.15) is 0 Å². The highest BCUT2D eigenvalue weighted by Crippen LogP contribution is 2.32. The number of nitrogens with one attached hydrogen (secondary N) is 1. The minimum Gasteiger partial charge on any atom is -0.394 e. The zero-order valence-electron chi connectivity index (χ0n) is 15.2. The van der Waals surface area contributed by atoms with Crippen molar-refractivity contribution in [2.45, 2.75) is 55.9 Å². The van der Waals surface area contributed by atoms with Crippen LogP contribution >= 0.6 is 0 Å². The van der Waals surface area contributed by atoms with Gasteiger partial charge in [-0.05, 0) is 19.2 Å². The molecule has 2 unspecified atom stereocenters. The second-order valence-corrected chi connectivity index (χ2v) is 6.18.